The van der Waals surface area contributed by atoms with E-state index in [0.29, 0.717) is 5.56 Å². The van der Waals surface area contributed by atoms with Crippen molar-refractivity contribution < 1.29 is 9.90 Å². The zero-order chi connectivity index (χ0) is 13.8. The predicted octanol–water partition coefficient (Wildman–Crippen LogP) is 3.24. The van der Waals surface area contributed by atoms with Gasteiger partial charge in [-0.05, 0) is 49.1 Å². The van der Waals surface area contributed by atoms with E-state index in [1.807, 2.05) is 43.3 Å². The molecule has 0 aliphatic rings. The highest BCUT2D eigenvalue weighted by molar-refractivity contribution is 6.11. The molecule has 19 heavy (non-hydrogen) atoms. The molecule has 2 heteroatoms. The number of hydrogen-bond acceptors (Lipinski definition) is 2. The molecule has 0 heterocycles. The molecule has 0 saturated carbocycles. The first kappa shape index (κ1) is 12.9. The fraction of sp³-hybridized carbons (Fsp3) is 0.118. The summed E-state index contributed by atoms with van der Waals surface area (Å²) in [6.45, 7) is 3.65. The van der Waals surface area contributed by atoms with Gasteiger partial charge in [-0.15, -0.1) is 0 Å². The summed E-state index contributed by atoms with van der Waals surface area (Å²) in [6, 6.07) is 12.8. The molecule has 0 aromatic heterocycles. The Morgan fingerprint density at radius 1 is 1.11 bits per heavy atom. The maximum absolute atomic E-state index is 12.0. The molecule has 0 bridgehead atoms. The number of carbonyl (C=O) groups is 1. The van der Waals surface area contributed by atoms with Crippen molar-refractivity contribution in [3.63, 3.8) is 0 Å². The van der Waals surface area contributed by atoms with Crippen molar-refractivity contribution in [1.82, 2.24) is 0 Å². The molecule has 2 nitrogen and oxygen atoms in total. The van der Waals surface area contributed by atoms with Crippen LogP contribution in [-0.4, -0.2) is 10.9 Å². The number of carbonyl (C=O) groups excluding carboxylic acids is 1. The van der Waals surface area contributed by atoms with E-state index in [1.54, 1.807) is 13.0 Å². The van der Waals surface area contributed by atoms with Crippen molar-refractivity contribution >= 4 is 5.78 Å². The van der Waals surface area contributed by atoms with Crippen LogP contribution in [0.2, 0.25) is 0 Å². The van der Waals surface area contributed by atoms with Gasteiger partial charge in [-0.3, -0.25) is 4.79 Å². The number of benzene rings is 2. The van der Waals surface area contributed by atoms with E-state index in [9.17, 15) is 9.90 Å². The topological polar surface area (TPSA) is 37.3 Å². The molecule has 0 aliphatic carbocycles. The lowest BCUT2D eigenvalue weighted by molar-refractivity contribution is 0.105. The first-order valence-electron chi connectivity index (χ1n) is 5.99. The average molecular weight is 250 g/mol. The number of phenols is 1. The van der Waals surface area contributed by atoms with E-state index < -0.39 is 0 Å². The Balaban J connectivity index is 2.34. The van der Waals surface area contributed by atoms with Crippen molar-refractivity contribution in [1.29, 1.82) is 0 Å². The van der Waals surface area contributed by atoms with E-state index in [0.717, 1.165) is 11.1 Å². The summed E-state index contributed by atoms with van der Waals surface area (Å²) in [7, 11) is 0. The molecular formula is C17H14O2. The van der Waals surface area contributed by atoms with Crippen LogP contribution < -0.4 is 0 Å². The number of rotatable bonds is 1. The zero-order valence-corrected chi connectivity index (χ0v) is 10.9. The Kier molecular flexibility index (Phi) is 3.68. The van der Waals surface area contributed by atoms with Crippen molar-refractivity contribution in [2.24, 2.45) is 0 Å². The smallest absolute Gasteiger partial charge is 0.239 e. The Morgan fingerprint density at radius 3 is 2.47 bits per heavy atom. The van der Waals surface area contributed by atoms with Crippen LogP contribution in [0.25, 0.3) is 0 Å². The highest BCUT2D eigenvalue weighted by Crippen LogP contribution is 2.23. The first-order valence-corrected chi connectivity index (χ1v) is 5.99. The molecule has 2 aromatic carbocycles. The highest BCUT2D eigenvalue weighted by Gasteiger charge is 2.11. The third kappa shape index (κ3) is 3.02. The van der Waals surface area contributed by atoms with Crippen LogP contribution in [0.4, 0.5) is 0 Å². The third-order valence-corrected chi connectivity index (χ3v) is 2.78. The lowest BCUT2D eigenvalue weighted by Crippen LogP contribution is -1.98. The van der Waals surface area contributed by atoms with Gasteiger partial charge in [0.1, 0.15) is 5.75 Å². The van der Waals surface area contributed by atoms with Gasteiger partial charge in [0, 0.05) is 5.56 Å². The Hall–Kier alpha value is -2.53. The minimum Gasteiger partial charge on any atom is -0.507 e. The third-order valence-electron chi connectivity index (χ3n) is 2.78. The molecule has 0 unspecified atom stereocenters. The average Bonchev–Trinajstić information content (AvgIpc) is 2.41. The van der Waals surface area contributed by atoms with E-state index in [-0.39, 0.29) is 17.1 Å². The van der Waals surface area contributed by atoms with Gasteiger partial charge in [0.05, 0.1) is 5.56 Å². The summed E-state index contributed by atoms with van der Waals surface area (Å²) in [5, 5.41) is 9.90. The van der Waals surface area contributed by atoms with Crippen LogP contribution >= 0.6 is 0 Å². The number of hydrogen-bond donors (Lipinski definition) is 1. The van der Waals surface area contributed by atoms with Gasteiger partial charge in [-0.25, -0.2) is 0 Å². The van der Waals surface area contributed by atoms with Gasteiger partial charge < -0.3 is 5.11 Å². The molecule has 0 amide bonds. The quantitative estimate of drug-likeness (QED) is 0.623. The summed E-state index contributed by atoms with van der Waals surface area (Å²) in [5.74, 6) is 5.00. The van der Waals surface area contributed by atoms with Gasteiger partial charge in [-0.1, -0.05) is 30.2 Å². The number of aryl methyl sites for hydroxylation is 2. The minimum atomic E-state index is -0.367. The van der Waals surface area contributed by atoms with Gasteiger partial charge >= 0.3 is 0 Å². The standard InChI is InChI=1S/C17H14O2/c1-12-10-13(2)17(19)15(11-12)16(18)9-8-14-6-4-3-5-7-14/h3-7,10-11,19H,1-2H3. The molecule has 2 rings (SSSR count). The summed E-state index contributed by atoms with van der Waals surface area (Å²) in [5.41, 5.74) is 2.66. The van der Waals surface area contributed by atoms with E-state index in [4.69, 9.17) is 0 Å². The second-order valence-electron chi connectivity index (χ2n) is 4.42. The molecular weight excluding hydrogens is 236 g/mol. The van der Waals surface area contributed by atoms with Crippen molar-refractivity contribution in [2.45, 2.75) is 13.8 Å². The molecule has 0 spiro atoms. The fourth-order valence-electron chi connectivity index (χ4n) is 1.85. The SMILES string of the molecule is Cc1cc(C)c(O)c(C(=O)C#Cc2ccccc2)c1. The van der Waals surface area contributed by atoms with Crippen LogP contribution in [0, 0.1) is 25.7 Å². The fourth-order valence-corrected chi connectivity index (χ4v) is 1.85. The molecule has 94 valence electrons. The predicted molar refractivity (Wildman–Crippen MR) is 75.2 cm³/mol. The summed E-state index contributed by atoms with van der Waals surface area (Å²) in [4.78, 5) is 12.0. The largest absolute Gasteiger partial charge is 0.507 e. The number of aromatic hydroxyl groups is 1. The Bertz CT molecular complexity index is 674. The summed E-state index contributed by atoms with van der Waals surface area (Å²) < 4.78 is 0. The number of phenolic OH excluding ortho intramolecular Hbond substituents is 1. The molecule has 2 aromatic rings. The molecule has 0 radical (unpaired) electrons. The second-order valence-corrected chi connectivity index (χ2v) is 4.42. The lowest BCUT2D eigenvalue weighted by atomic mass is 10.0. The highest BCUT2D eigenvalue weighted by atomic mass is 16.3. The number of ketones is 1. The molecule has 0 fully saturated rings. The number of Topliss-reactive ketones (excluding diaryl/α,β-unsaturated/α-hetero) is 1. The van der Waals surface area contributed by atoms with Crippen molar-refractivity contribution in [3.8, 4) is 17.6 Å². The second kappa shape index (κ2) is 5.41. The molecule has 0 atom stereocenters. The van der Waals surface area contributed by atoms with Gasteiger partial charge in [0.25, 0.3) is 0 Å². The van der Waals surface area contributed by atoms with Gasteiger partial charge in [-0.2, -0.15) is 0 Å². The van der Waals surface area contributed by atoms with E-state index >= 15 is 0 Å². The summed E-state index contributed by atoms with van der Waals surface area (Å²) >= 11 is 0. The van der Waals surface area contributed by atoms with Crippen LogP contribution in [0.5, 0.6) is 5.75 Å². The normalized spacial score (nSPS) is 9.58. The van der Waals surface area contributed by atoms with Crippen LogP contribution in [-0.2, 0) is 0 Å². The van der Waals surface area contributed by atoms with Crippen molar-refractivity contribution in [3.05, 3.63) is 64.7 Å². The molecule has 1 N–H and O–H groups in total. The van der Waals surface area contributed by atoms with Gasteiger partial charge in [0.15, 0.2) is 0 Å². The van der Waals surface area contributed by atoms with Gasteiger partial charge in [0.2, 0.25) is 5.78 Å². The first-order chi connectivity index (χ1) is 9.08. The zero-order valence-electron chi connectivity index (χ0n) is 10.9. The lowest BCUT2D eigenvalue weighted by Gasteiger charge is -2.04. The minimum absolute atomic E-state index is 0.0120. The summed E-state index contributed by atoms with van der Waals surface area (Å²) in [6.07, 6.45) is 0. The van der Waals surface area contributed by atoms with Crippen molar-refractivity contribution in [2.75, 3.05) is 0 Å². The van der Waals surface area contributed by atoms with E-state index in [2.05, 4.69) is 11.8 Å². The monoisotopic (exact) mass is 250 g/mol. The van der Waals surface area contributed by atoms with E-state index in [1.165, 1.54) is 0 Å². The van der Waals surface area contributed by atoms with Crippen LogP contribution in [0.1, 0.15) is 27.0 Å². The Labute approximate surface area is 112 Å². The molecule has 0 aliphatic heterocycles. The Morgan fingerprint density at radius 2 is 1.79 bits per heavy atom. The van der Waals surface area contributed by atoms with Crippen LogP contribution in [0.3, 0.4) is 0 Å². The van der Waals surface area contributed by atoms with Crippen LogP contribution in [0.15, 0.2) is 42.5 Å². The maximum atomic E-state index is 12.0. The maximum Gasteiger partial charge on any atom is 0.239 e. The molecule has 0 saturated heterocycles.